The molecule has 0 atom stereocenters. The molecule has 7 nitrogen and oxygen atoms in total. The number of rotatable bonds is 4. The minimum atomic E-state index is 0.442. The summed E-state index contributed by atoms with van der Waals surface area (Å²) in [5.74, 6) is 1.05. The minimum absolute atomic E-state index is 0.442. The van der Waals surface area contributed by atoms with Gasteiger partial charge in [0.2, 0.25) is 5.89 Å². The molecule has 118 valence electrons. The van der Waals surface area contributed by atoms with E-state index in [-0.39, 0.29) is 0 Å². The van der Waals surface area contributed by atoms with Crippen LogP contribution in [0.5, 0.6) is 0 Å². The van der Waals surface area contributed by atoms with Crippen molar-refractivity contribution in [3.8, 4) is 11.6 Å². The molecule has 0 saturated carbocycles. The van der Waals surface area contributed by atoms with Crippen molar-refractivity contribution < 1.29 is 9.21 Å². The summed E-state index contributed by atoms with van der Waals surface area (Å²) in [5.41, 5.74) is 3.06. The number of hydrogen-bond acceptors (Lipinski definition) is 6. The van der Waals surface area contributed by atoms with E-state index in [0.29, 0.717) is 23.9 Å². The Balaban J connectivity index is 1.75. The Labute approximate surface area is 129 Å². The molecular formula is C15H21N5O2. The molecule has 0 aliphatic carbocycles. The topological polar surface area (TPSA) is 78.3 Å². The van der Waals surface area contributed by atoms with Crippen LogP contribution < -0.4 is 0 Å². The van der Waals surface area contributed by atoms with E-state index < -0.39 is 0 Å². The zero-order valence-corrected chi connectivity index (χ0v) is 13.2. The highest BCUT2D eigenvalue weighted by atomic mass is 16.4. The lowest BCUT2D eigenvalue weighted by Crippen LogP contribution is -2.43. The average Bonchev–Trinajstić information content (AvgIpc) is 3.06. The molecule has 1 aliphatic rings. The van der Waals surface area contributed by atoms with E-state index in [0.717, 1.165) is 49.4 Å². The number of hydrogen-bond donors (Lipinski definition) is 1. The number of aldehydes is 1. The van der Waals surface area contributed by atoms with Gasteiger partial charge in [0.15, 0.2) is 6.29 Å². The lowest BCUT2D eigenvalue weighted by molar-refractivity contribution is 0.112. The number of carbonyl (C=O) groups is 1. The van der Waals surface area contributed by atoms with Crippen molar-refractivity contribution in [2.45, 2.75) is 20.4 Å². The van der Waals surface area contributed by atoms with Crippen LogP contribution in [0.3, 0.4) is 0 Å². The third-order valence-corrected chi connectivity index (χ3v) is 4.25. The van der Waals surface area contributed by atoms with Gasteiger partial charge in [0.25, 0.3) is 5.89 Å². The van der Waals surface area contributed by atoms with Gasteiger partial charge in [-0.15, -0.1) is 10.2 Å². The first kappa shape index (κ1) is 14.9. The van der Waals surface area contributed by atoms with E-state index in [4.69, 9.17) is 4.42 Å². The van der Waals surface area contributed by atoms with E-state index in [1.165, 1.54) is 0 Å². The van der Waals surface area contributed by atoms with Crippen LogP contribution in [0.2, 0.25) is 0 Å². The Kier molecular flexibility index (Phi) is 4.08. The standard InChI is InChI=1S/C15H21N5O2/c1-10-12(9-21)11(2)16-14(10)15-18-17-13(22-15)8-20-6-4-19(3)5-7-20/h9,16H,4-8H2,1-3H3. The van der Waals surface area contributed by atoms with Crippen LogP contribution in [0.4, 0.5) is 0 Å². The van der Waals surface area contributed by atoms with Crippen LogP contribution in [0.15, 0.2) is 4.42 Å². The summed E-state index contributed by atoms with van der Waals surface area (Å²) in [4.78, 5) is 18.9. The van der Waals surface area contributed by atoms with E-state index in [9.17, 15) is 4.79 Å². The van der Waals surface area contributed by atoms with Crippen molar-refractivity contribution in [2.24, 2.45) is 0 Å². The number of aromatic nitrogens is 3. The minimum Gasteiger partial charge on any atom is -0.418 e. The molecule has 3 heterocycles. The van der Waals surface area contributed by atoms with E-state index in [2.05, 4.69) is 32.0 Å². The second kappa shape index (κ2) is 6.02. The van der Waals surface area contributed by atoms with Gasteiger partial charge < -0.3 is 14.3 Å². The van der Waals surface area contributed by atoms with Gasteiger partial charge in [-0.3, -0.25) is 9.69 Å². The first-order valence-corrected chi connectivity index (χ1v) is 7.46. The van der Waals surface area contributed by atoms with Crippen LogP contribution >= 0.6 is 0 Å². The number of H-pyrrole nitrogens is 1. The predicted octanol–water partition coefficient (Wildman–Crippen LogP) is 1.24. The van der Waals surface area contributed by atoms with Crippen molar-refractivity contribution in [3.63, 3.8) is 0 Å². The third kappa shape index (κ3) is 2.82. The average molecular weight is 303 g/mol. The largest absolute Gasteiger partial charge is 0.418 e. The normalized spacial score (nSPS) is 17.0. The Morgan fingerprint density at radius 3 is 2.59 bits per heavy atom. The maximum atomic E-state index is 11.1. The molecule has 0 spiro atoms. The van der Waals surface area contributed by atoms with Gasteiger partial charge in [0.1, 0.15) is 5.69 Å². The Morgan fingerprint density at radius 2 is 1.95 bits per heavy atom. The first-order valence-electron chi connectivity index (χ1n) is 7.46. The second-order valence-electron chi connectivity index (χ2n) is 5.86. The maximum Gasteiger partial charge on any atom is 0.264 e. The molecule has 0 radical (unpaired) electrons. The Bertz CT molecular complexity index is 668. The molecule has 1 saturated heterocycles. The van der Waals surface area contributed by atoms with E-state index in [1.54, 1.807) is 0 Å². The fourth-order valence-electron chi connectivity index (χ4n) is 2.77. The molecule has 22 heavy (non-hydrogen) atoms. The van der Waals surface area contributed by atoms with Crippen LogP contribution in [0.1, 0.15) is 27.5 Å². The molecular weight excluding hydrogens is 282 g/mol. The van der Waals surface area contributed by atoms with Gasteiger partial charge in [-0.1, -0.05) is 0 Å². The van der Waals surface area contributed by atoms with Crippen LogP contribution in [-0.2, 0) is 6.54 Å². The highest BCUT2D eigenvalue weighted by Crippen LogP contribution is 2.25. The lowest BCUT2D eigenvalue weighted by Gasteiger charge is -2.31. The first-order chi connectivity index (χ1) is 10.6. The number of aromatic amines is 1. The summed E-state index contributed by atoms with van der Waals surface area (Å²) in [5, 5.41) is 8.25. The summed E-state index contributed by atoms with van der Waals surface area (Å²) in [7, 11) is 2.13. The van der Waals surface area contributed by atoms with Crippen molar-refractivity contribution in [1.29, 1.82) is 0 Å². The predicted molar refractivity (Wildman–Crippen MR) is 81.7 cm³/mol. The smallest absolute Gasteiger partial charge is 0.264 e. The van der Waals surface area contributed by atoms with Gasteiger partial charge in [-0.2, -0.15) is 0 Å². The molecule has 2 aromatic heterocycles. The number of nitrogens with one attached hydrogen (secondary N) is 1. The molecule has 2 aromatic rings. The maximum absolute atomic E-state index is 11.1. The van der Waals surface area contributed by atoms with Gasteiger partial charge in [0.05, 0.1) is 6.54 Å². The Morgan fingerprint density at radius 1 is 1.23 bits per heavy atom. The van der Waals surface area contributed by atoms with E-state index in [1.807, 2.05) is 13.8 Å². The molecule has 0 aromatic carbocycles. The number of piperazine rings is 1. The number of aryl methyl sites for hydroxylation is 1. The van der Waals surface area contributed by atoms with Crippen molar-refractivity contribution in [3.05, 3.63) is 22.7 Å². The second-order valence-corrected chi connectivity index (χ2v) is 5.86. The van der Waals surface area contributed by atoms with Gasteiger partial charge >= 0.3 is 0 Å². The van der Waals surface area contributed by atoms with Crippen molar-refractivity contribution >= 4 is 6.29 Å². The molecule has 1 aliphatic heterocycles. The van der Waals surface area contributed by atoms with Gasteiger partial charge in [0, 0.05) is 37.4 Å². The lowest BCUT2D eigenvalue weighted by atomic mass is 10.1. The van der Waals surface area contributed by atoms with Crippen LogP contribution in [0, 0.1) is 13.8 Å². The van der Waals surface area contributed by atoms with Crippen molar-refractivity contribution in [2.75, 3.05) is 33.2 Å². The summed E-state index contributed by atoms with van der Waals surface area (Å²) in [6, 6.07) is 0. The van der Waals surface area contributed by atoms with E-state index >= 15 is 0 Å². The zero-order valence-electron chi connectivity index (χ0n) is 13.2. The Hall–Kier alpha value is -1.99. The molecule has 0 amide bonds. The summed E-state index contributed by atoms with van der Waals surface area (Å²) in [6.07, 6.45) is 0.853. The summed E-state index contributed by atoms with van der Waals surface area (Å²) in [6.45, 7) is 8.53. The highest BCUT2D eigenvalue weighted by Gasteiger charge is 2.20. The number of carbonyl (C=O) groups excluding carboxylic acids is 1. The fourth-order valence-corrected chi connectivity index (χ4v) is 2.77. The quantitative estimate of drug-likeness (QED) is 0.856. The molecule has 0 bridgehead atoms. The summed E-state index contributed by atoms with van der Waals surface area (Å²) < 4.78 is 5.77. The molecule has 1 fully saturated rings. The summed E-state index contributed by atoms with van der Waals surface area (Å²) >= 11 is 0. The monoisotopic (exact) mass is 303 g/mol. The molecule has 3 rings (SSSR count). The van der Waals surface area contributed by atoms with Gasteiger partial charge in [-0.25, -0.2) is 0 Å². The molecule has 0 unspecified atom stereocenters. The fraction of sp³-hybridized carbons (Fsp3) is 0.533. The van der Waals surface area contributed by atoms with Crippen LogP contribution in [0.25, 0.3) is 11.6 Å². The number of likely N-dealkylation sites (N-methyl/N-ethyl adjacent to an activating group) is 1. The van der Waals surface area contributed by atoms with Crippen LogP contribution in [-0.4, -0.2) is 64.5 Å². The third-order valence-electron chi connectivity index (χ3n) is 4.25. The molecule has 7 heteroatoms. The zero-order chi connectivity index (χ0) is 15.7. The molecule has 1 N–H and O–H groups in total. The number of nitrogens with zero attached hydrogens (tertiary/aromatic N) is 4. The van der Waals surface area contributed by atoms with Gasteiger partial charge in [-0.05, 0) is 26.5 Å². The SMILES string of the molecule is Cc1[nH]c(-c2nnc(CN3CCN(C)CC3)o2)c(C)c1C=O. The van der Waals surface area contributed by atoms with Crippen molar-refractivity contribution in [1.82, 2.24) is 25.0 Å². The highest BCUT2D eigenvalue weighted by molar-refractivity contribution is 5.82.